The normalized spacial score (nSPS) is 13.9. The molecular weight excluding hydrogens is 358 g/mol. The van der Waals surface area contributed by atoms with Crippen LogP contribution in [0.5, 0.6) is 5.75 Å². The SMILES string of the molecule is COc1cccc(C(=O)N2CCN(C(=O)c3coc(CN)c3)CC2)c1.Cl. The number of benzene rings is 1. The summed E-state index contributed by atoms with van der Waals surface area (Å²) in [6, 6.07) is 8.74. The molecule has 2 amide bonds. The molecule has 8 heteroatoms. The molecule has 140 valence electrons. The molecule has 1 aromatic heterocycles. The highest BCUT2D eigenvalue weighted by Gasteiger charge is 2.26. The molecule has 1 fully saturated rings. The van der Waals surface area contributed by atoms with E-state index in [9.17, 15) is 9.59 Å². The number of furan rings is 1. The van der Waals surface area contributed by atoms with Crippen LogP contribution in [0.15, 0.2) is 41.0 Å². The number of carbonyl (C=O) groups excluding carboxylic acids is 2. The molecule has 2 heterocycles. The predicted molar refractivity (Wildman–Crippen MR) is 98.6 cm³/mol. The molecule has 1 aliphatic heterocycles. The molecule has 26 heavy (non-hydrogen) atoms. The Bertz CT molecular complexity index is 769. The van der Waals surface area contributed by atoms with Crippen molar-refractivity contribution < 1.29 is 18.7 Å². The maximum atomic E-state index is 12.6. The van der Waals surface area contributed by atoms with Crippen molar-refractivity contribution in [1.82, 2.24) is 9.80 Å². The Morgan fingerprint density at radius 2 is 1.69 bits per heavy atom. The van der Waals surface area contributed by atoms with Crippen molar-refractivity contribution in [3.63, 3.8) is 0 Å². The van der Waals surface area contributed by atoms with E-state index in [1.165, 1.54) is 6.26 Å². The summed E-state index contributed by atoms with van der Waals surface area (Å²) in [6.45, 7) is 2.21. The van der Waals surface area contributed by atoms with Crippen molar-refractivity contribution >= 4 is 24.2 Å². The molecule has 0 saturated carbocycles. The summed E-state index contributed by atoms with van der Waals surface area (Å²) in [7, 11) is 1.57. The van der Waals surface area contributed by atoms with E-state index in [-0.39, 0.29) is 30.8 Å². The number of rotatable bonds is 4. The quantitative estimate of drug-likeness (QED) is 0.874. The van der Waals surface area contributed by atoms with Crippen LogP contribution < -0.4 is 10.5 Å². The molecule has 2 aromatic rings. The number of methoxy groups -OCH3 is 1. The lowest BCUT2D eigenvalue weighted by molar-refractivity contribution is 0.0535. The first kappa shape index (κ1) is 19.8. The van der Waals surface area contributed by atoms with Gasteiger partial charge in [0.2, 0.25) is 0 Å². The van der Waals surface area contributed by atoms with Gasteiger partial charge in [0, 0.05) is 31.7 Å². The van der Waals surface area contributed by atoms with Crippen LogP contribution in [0.2, 0.25) is 0 Å². The second-order valence-electron chi connectivity index (χ2n) is 5.82. The van der Waals surface area contributed by atoms with Crippen LogP contribution in [0.4, 0.5) is 0 Å². The minimum atomic E-state index is -0.100. The van der Waals surface area contributed by atoms with E-state index in [0.717, 1.165) is 0 Å². The minimum absolute atomic E-state index is 0. The Morgan fingerprint density at radius 1 is 1.08 bits per heavy atom. The smallest absolute Gasteiger partial charge is 0.257 e. The molecule has 2 N–H and O–H groups in total. The van der Waals surface area contributed by atoms with Crippen LogP contribution in [0.3, 0.4) is 0 Å². The largest absolute Gasteiger partial charge is 0.497 e. The Kier molecular flexibility index (Phi) is 6.65. The Morgan fingerprint density at radius 3 is 2.23 bits per heavy atom. The van der Waals surface area contributed by atoms with Gasteiger partial charge in [0.1, 0.15) is 17.8 Å². The molecule has 0 radical (unpaired) electrons. The van der Waals surface area contributed by atoms with E-state index < -0.39 is 0 Å². The molecule has 0 unspecified atom stereocenters. The molecule has 0 spiro atoms. The van der Waals surface area contributed by atoms with E-state index in [1.54, 1.807) is 47.2 Å². The summed E-state index contributed by atoms with van der Waals surface area (Å²) in [5.74, 6) is 1.07. The fraction of sp³-hybridized carbons (Fsp3) is 0.333. The number of ether oxygens (including phenoxy) is 1. The number of hydrogen-bond donors (Lipinski definition) is 1. The Hall–Kier alpha value is -2.51. The first-order chi connectivity index (χ1) is 12.1. The highest BCUT2D eigenvalue weighted by atomic mass is 35.5. The lowest BCUT2D eigenvalue weighted by atomic mass is 10.1. The second-order valence-corrected chi connectivity index (χ2v) is 5.82. The number of amides is 2. The molecule has 7 nitrogen and oxygen atoms in total. The molecule has 1 saturated heterocycles. The van der Waals surface area contributed by atoms with Gasteiger partial charge in [-0.3, -0.25) is 9.59 Å². The average molecular weight is 380 g/mol. The van der Waals surface area contributed by atoms with Gasteiger partial charge in [-0.1, -0.05) is 6.07 Å². The monoisotopic (exact) mass is 379 g/mol. The summed E-state index contributed by atoms with van der Waals surface area (Å²) >= 11 is 0. The number of nitrogens with two attached hydrogens (primary N) is 1. The summed E-state index contributed by atoms with van der Waals surface area (Å²) in [4.78, 5) is 28.5. The van der Waals surface area contributed by atoms with Gasteiger partial charge < -0.3 is 24.7 Å². The predicted octanol–water partition coefficient (Wildman–Crippen LogP) is 1.77. The summed E-state index contributed by atoms with van der Waals surface area (Å²) in [6.07, 6.45) is 1.43. The van der Waals surface area contributed by atoms with Gasteiger partial charge in [-0.2, -0.15) is 0 Å². The topological polar surface area (TPSA) is 89.0 Å². The molecule has 0 aliphatic carbocycles. The van der Waals surface area contributed by atoms with E-state index in [4.69, 9.17) is 14.9 Å². The standard InChI is InChI=1S/C18H21N3O4.ClH/c1-24-15-4-2-3-13(9-15)17(22)20-5-7-21(8-6-20)18(23)14-10-16(11-19)25-12-14;/h2-4,9-10,12H,5-8,11,19H2,1H3;1H. The number of hydrogen-bond acceptors (Lipinski definition) is 5. The number of carbonyl (C=O) groups is 2. The molecule has 0 atom stereocenters. The summed E-state index contributed by atoms with van der Waals surface area (Å²) in [5.41, 5.74) is 6.58. The highest BCUT2D eigenvalue weighted by Crippen LogP contribution is 2.17. The van der Waals surface area contributed by atoms with Crippen molar-refractivity contribution in [3.8, 4) is 5.75 Å². The van der Waals surface area contributed by atoms with E-state index >= 15 is 0 Å². The fourth-order valence-corrected chi connectivity index (χ4v) is 2.83. The van der Waals surface area contributed by atoms with Gasteiger partial charge in [-0.05, 0) is 24.3 Å². The fourth-order valence-electron chi connectivity index (χ4n) is 2.83. The number of piperazine rings is 1. The van der Waals surface area contributed by atoms with Gasteiger partial charge in [0.15, 0.2) is 0 Å². The van der Waals surface area contributed by atoms with E-state index in [2.05, 4.69) is 0 Å². The van der Waals surface area contributed by atoms with Crippen molar-refractivity contribution in [2.75, 3.05) is 33.3 Å². The van der Waals surface area contributed by atoms with E-state index in [0.29, 0.717) is 48.8 Å². The maximum absolute atomic E-state index is 12.6. The first-order valence-electron chi connectivity index (χ1n) is 8.12. The number of nitrogens with zero attached hydrogens (tertiary/aromatic N) is 2. The zero-order chi connectivity index (χ0) is 17.8. The lowest BCUT2D eigenvalue weighted by Gasteiger charge is -2.34. The Balaban J connectivity index is 0.00000243. The minimum Gasteiger partial charge on any atom is -0.497 e. The van der Waals surface area contributed by atoms with Crippen molar-refractivity contribution in [3.05, 3.63) is 53.5 Å². The van der Waals surface area contributed by atoms with Crippen LogP contribution >= 0.6 is 12.4 Å². The lowest BCUT2D eigenvalue weighted by Crippen LogP contribution is -2.50. The van der Waals surface area contributed by atoms with Crippen LogP contribution in [-0.4, -0.2) is 54.9 Å². The van der Waals surface area contributed by atoms with Crippen molar-refractivity contribution in [2.45, 2.75) is 6.54 Å². The van der Waals surface area contributed by atoms with Gasteiger partial charge in [-0.15, -0.1) is 12.4 Å². The molecule has 0 bridgehead atoms. The Labute approximate surface area is 158 Å². The van der Waals surface area contributed by atoms with Gasteiger partial charge in [0.25, 0.3) is 11.8 Å². The first-order valence-corrected chi connectivity index (χ1v) is 8.12. The van der Waals surface area contributed by atoms with Crippen LogP contribution in [0.1, 0.15) is 26.5 Å². The summed E-state index contributed by atoms with van der Waals surface area (Å²) in [5, 5.41) is 0. The van der Waals surface area contributed by atoms with Gasteiger partial charge in [-0.25, -0.2) is 0 Å². The molecule has 1 aromatic carbocycles. The number of halogens is 1. The molecule has 1 aliphatic rings. The zero-order valence-corrected chi connectivity index (χ0v) is 15.3. The molecular formula is C18H22ClN3O4. The van der Waals surface area contributed by atoms with E-state index in [1.807, 2.05) is 0 Å². The maximum Gasteiger partial charge on any atom is 0.257 e. The van der Waals surface area contributed by atoms with Crippen LogP contribution in [-0.2, 0) is 6.54 Å². The van der Waals surface area contributed by atoms with Gasteiger partial charge >= 0.3 is 0 Å². The third-order valence-electron chi connectivity index (χ3n) is 4.27. The third-order valence-corrected chi connectivity index (χ3v) is 4.27. The highest BCUT2D eigenvalue weighted by molar-refractivity contribution is 5.96. The van der Waals surface area contributed by atoms with Crippen molar-refractivity contribution in [2.24, 2.45) is 5.73 Å². The van der Waals surface area contributed by atoms with Gasteiger partial charge in [0.05, 0.1) is 19.2 Å². The van der Waals surface area contributed by atoms with Crippen molar-refractivity contribution in [1.29, 1.82) is 0 Å². The third kappa shape index (κ3) is 4.17. The van der Waals surface area contributed by atoms with Crippen LogP contribution in [0.25, 0.3) is 0 Å². The zero-order valence-electron chi connectivity index (χ0n) is 14.5. The summed E-state index contributed by atoms with van der Waals surface area (Å²) < 4.78 is 10.4. The molecule has 3 rings (SSSR count). The average Bonchev–Trinajstić information content (AvgIpc) is 3.16. The second kappa shape index (κ2) is 8.73. The van der Waals surface area contributed by atoms with Crippen LogP contribution in [0, 0.1) is 0 Å².